The lowest BCUT2D eigenvalue weighted by Gasteiger charge is -2.30. The van der Waals surface area contributed by atoms with E-state index in [0.29, 0.717) is 12.8 Å². The summed E-state index contributed by atoms with van der Waals surface area (Å²) in [5.74, 6) is -2.04. The fourth-order valence-corrected chi connectivity index (χ4v) is 3.96. The van der Waals surface area contributed by atoms with Gasteiger partial charge < -0.3 is 18.9 Å². The van der Waals surface area contributed by atoms with Crippen LogP contribution in [0.2, 0.25) is 0 Å². The number of rotatable bonds is 3. The van der Waals surface area contributed by atoms with Crippen molar-refractivity contribution in [1.82, 2.24) is 0 Å². The minimum absolute atomic E-state index is 0.136. The third-order valence-corrected chi connectivity index (χ3v) is 5.71. The zero-order valence-electron chi connectivity index (χ0n) is 17.0. The summed E-state index contributed by atoms with van der Waals surface area (Å²) in [6.07, 6.45) is 0.846. The molecular weight excluding hydrogens is 364 g/mol. The Morgan fingerprint density at radius 3 is 2.61 bits per heavy atom. The van der Waals surface area contributed by atoms with Crippen molar-refractivity contribution in [2.24, 2.45) is 11.8 Å². The van der Waals surface area contributed by atoms with E-state index in [2.05, 4.69) is 6.58 Å². The van der Waals surface area contributed by atoms with Crippen molar-refractivity contribution in [1.29, 1.82) is 0 Å². The van der Waals surface area contributed by atoms with Gasteiger partial charge in [0.1, 0.15) is 18.3 Å². The van der Waals surface area contributed by atoms with Gasteiger partial charge in [0.15, 0.2) is 0 Å². The van der Waals surface area contributed by atoms with Crippen molar-refractivity contribution >= 4 is 17.9 Å². The molecule has 28 heavy (non-hydrogen) atoms. The molecule has 0 radical (unpaired) electrons. The van der Waals surface area contributed by atoms with E-state index in [1.54, 1.807) is 19.9 Å². The minimum Gasteiger partial charge on any atom is -0.461 e. The van der Waals surface area contributed by atoms with Crippen molar-refractivity contribution < 1.29 is 33.3 Å². The molecule has 0 bridgehead atoms. The predicted octanol–water partition coefficient (Wildman–Crippen LogP) is 2.48. The number of carbonyl (C=O) groups excluding carboxylic acids is 3. The van der Waals surface area contributed by atoms with Gasteiger partial charge in [0.05, 0.1) is 23.5 Å². The summed E-state index contributed by atoms with van der Waals surface area (Å²) in [7, 11) is 0. The van der Waals surface area contributed by atoms with Gasteiger partial charge in [0.25, 0.3) is 0 Å². The van der Waals surface area contributed by atoms with Crippen molar-refractivity contribution in [3.63, 3.8) is 0 Å². The monoisotopic (exact) mass is 392 g/mol. The Kier molecular flexibility index (Phi) is 5.40. The normalized spacial score (nSPS) is 37.4. The van der Waals surface area contributed by atoms with E-state index in [1.807, 2.05) is 13.8 Å². The minimum atomic E-state index is -0.637. The van der Waals surface area contributed by atoms with Gasteiger partial charge in [-0.3, -0.25) is 9.59 Å². The molecule has 2 fully saturated rings. The summed E-state index contributed by atoms with van der Waals surface area (Å²) < 4.78 is 22.7. The molecule has 6 atom stereocenters. The number of esters is 3. The Morgan fingerprint density at radius 1 is 1.32 bits per heavy atom. The quantitative estimate of drug-likeness (QED) is 0.240. The highest BCUT2D eigenvalue weighted by atomic mass is 16.6. The van der Waals surface area contributed by atoms with Crippen molar-refractivity contribution in [3.05, 3.63) is 23.8 Å². The Balaban J connectivity index is 1.98. The molecule has 0 spiro atoms. The van der Waals surface area contributed by atoms with Crippen molar-refractivity contribution in [3.8, 4) is 0 Å². The Labute approximate surface area is 165 Å². The third kappa shape index (κ3) is 3.99. The molecular formula is C21H28O7. The highest BCUT2D eigenvalue weighted by Gasteiger charge is 2.58. The van der Waals surface area contributed by atoms with Gasteiger partial charge in [-0.25, -0.2) is 4.79 Å². The molecule has 0 saturated carbocycles. The molecule has 0 N–H and O–H groups in total. The summed E-state index contributed by atoms with van der Waals surface area (Å²) in [5.41, 5.74) is 0.511. The van der Waals surface area contributed by atoms with E-state index < -0.39 is 35.8 Å². The average molecular weight is 392 g/mol. The van der Waals surface area contributed by atoms with Gasteiger partial charge in [-0.05, 0) is 25.5 Å². The molecule has 0 aromatic rings. The van der Waals surface area contributed by atoms with Gasteiger partial charge in [-0.1, -0.05) is 20.4 Å². The van der Waals surface area contributed by atoms with Gasteiger partial charge in [0, 0.05) is 25.3 Å². The maximum absolute atomic E-state index is 12.3. The lowest BCUT2D eigenvalue weighted by atomic mass is 9.82. The second-order valence-electron chi connectivity index (χ2n) is 8.42. The van der Waals surface area contributed by atoms with Gasteiger partial charge in [0.2, 0.25) is 0 Å². The van der Waals surface area contributed by atoms with E-state index in [1.165, 1.54) is 6.92 Å². The van der Waals surface area contributed by atoms with Crippen LogP contribution in [0.15, 0.2) is 23.8 Å². The number of fused-ring (bicyclic) bond motifs is 2. The summed E-state index contributed by atoms with van der Waals surface area (Å²) in [5, 5.41) is 0. The predicted molar refractivity (Wildman–Crippen MR) is 99.1 cm³/mol. The number of epoxide rings is 1. The van der Waals surface area contributed by atoms with E-state index >= 15 is 0 Å². The van der Waals surface area contributed by atoms with E-state index in [9.17, 15) is 14.4 Å². The average Bonchev–Trinajstić information content (AvgIpc) is 3.11. The summed E-state index contributed by atoms with van der Waals surface area (Å²) in [6, 6.07) is 0. The molecule has 1 aliphatic carbocycles. The van der Waals surface area contributed by atoms with Crippen LogP contribution in [-0.4, -0.2) is 47.9 Å². The fourth-order valence-electron chi connectivity index (χ4n) is 3.96. The molecule has 0 aromatic heterocycles. The second-order valence-corrected chi connectivity index (χ2v) is 8.42. The SMILES string of the molecule is C=C1C(=O)OC2C=C(C)C(OC(C)=O)CC3OC3(C)CC(OC(=O)C(C)C)C12. The van der Waals surface area contributed by atoms with Crippen LogP contribution in [0.25, 0.3) is 0 Å². The first-order chi connectivity index (χ1) is 13.0. The Hall–Kier alpha value is -2.15. The molecule has 3 aliphatic rings. The van der Waals surface area contributed by atoms with E-state index in [0.717, 1.165) is 5.57 Å². The van der Waals surface area contributed by atoms with Gasteiger partial charge in [-0.2, -0.15) is 0 Å². The maximum atomic E-state index is 12.3. The zero-order chi connectivity index (χ0) is 20.8. The molecule has 0 amide bonds. The highest BCUT2D eigenvalue weighted by molar-refractivity contribution is 5.91. The van der Waals surface area contributed by atoms with Crippen LogP contribution in [0.5, 0.6) is 0 Å². The number of carbonyl (C=O) groups is 3. The summed E-state index contributed by atoms with van der Waals surface area (Å²) >= 11 is 0. The van der Waals surface area contributed by atoms with Crippen LogP contribution in [0.1, 0.15) is 47.5 Å². The fraction of sp³-hybridized carbons (Fsp3) is 0.667. The summed E-state index contributed by atoms with van der Waals surface area (Å²) in [4.78, 5) is 36.1. The largest absolute Gasteiger partial charge is 0.461 e. The number of hydrogen-bond acceptors (Lipinski definition) is 7. The van der Waals surface area contributed by atoms with Crippen LogP contribution in [0, 0.1) is 11.8 Å². The van der Waals surface area contributed by atoms with Crippen molar-refractivity contribution in [2.45, 2.75) is 77.5 Å². The van der Waals surface area contributed by atoms with Crippen LogP contribution in [0.4, 0.5) is 0 Å². The molecule has 7 heteroatoms. The van der Waals surface area contributed by atoms with Crippen LogP contribution in [-0.2, 0) is 33.3 Å². The molecule has 2 saturated heterocycles. The first-order valence-electron chi connectivity index (χ1n) is 9.65. The molecule has 154 valence electrons. The summed E-state index contributed by atoms with van der Waals surface area (Å²) in [6.45, 7) is 12.5. The first kappa shape index (κ1) is 20.6. The molecule has 6 unspecified atom stereocenters. The van der Waals surface area contributed by atoms with E-state index in [4.69, 9.17) is 18.9 Å². The van der Waals surface area contributed by atoms with Crippen molar-refractivity contribution in [2.75, 3.05) is 0 Å². The lowest BCUT2D eigenvalue weighted by Crippen LogP contribution is -2.38. The second kappa shape index (κ2) is 7.35. The molecule has 2 aliphatic heterocycles. The Morgan fingerprint density at radius 2 is 2.00 bits per heavy atom. The van der Waals surface area contributed by atoms with Crippen LogP contribution in [0.3, 0.4) is 0 Å². The first-order valence-corrected chi connectivity index (χ1v) is 9.65. The maximum Gasteiger partial charge on any atom is 0.334 e. The third-order valence-electron chi connectivity index (χ3n) is 5.71. The topological polar surface area (TPSA) is 91.4 Å². The highest BCUT2D eigenvalue weighted by Crippen LogP contribution is 2.48. The van der Waals surface area contributed by atoms with Gasteiger partial charge in [-0.15, -0.1) is 0 Å². The van der Waals surface area contributed by atoms with Crippen LogP contribution < -0.4 is 0 Å². The smallest absolute Gasteiger partial charge is 0.334 e. The van der Waals surface area contributed by atoms with E-state index in [-0.39, 0.29) is 29.5 Å². The van der Waals surface area contributed by atoms with Gasteiger partial charge >= 0.3 is 17.9 Å². The zero-order valence-corrected chi connectivity index (χ0v) is 17.0. The molecule has 0 aromatic carbocycles. The lowest BCUT2D eigenvalue weighted by molar-refractivity contribution is -0.157. The Bertz CT molecular complexity index is 737. The standard InChI is InChI=1S/C21H28O7/c1-10(2)19(23)27-16-9-21(6)17(28-21)8-14(25-13(5)22)11(3)7-15-18(16)12(4)20(24)26-15/h7,10,14-18H,4,8-9H2,1-3,5-6H3. The van der Waals surface area contributed by atoms with Crippen LogP contribution >= 0.6 is 0 Å². The molecule has 7 nitrogen and oxygen atoms in total. The number of ether oxygens (including phenoxy) is 4. The number of hydrogen-bond donors (Lipinski definition) is 0. The molecule has 3 rings (SSSR count). The molecule has 2 heterocycles.